The van der Waals surface area contributed by atoms with Gasteiger partial charge in [-0.05, 0) is 80.0 Å². The summed E-state index contributed by atoms with van der Waals surface area (Å²) in [5, 5.41) is 0. The number of carbonyl (C=O) groups is 1. The first-order chi connectivity index (χ1) is 15.9. The molecule has 0 unspecified atom stereocenters. The fourth-order valence-corrected chi connectivity index (χ4v) is 7.86. The highest BCUT2D eigenvalue weighted by Gasteiger charge is 2.65. The molecule has 2 saturated carbocycles. The van der Waals surface area contributed by atoms with Crippen LogP contribution in [0.15, 0.2) is 12.1 Å². The Kier molecular flexibility index (Phi) is 5.01. The summed E-state index contributed by atoms with van der Waals surface area (Å²) in [5.41, 5.74) is 2.93. The van der Waals surface area contributed by atoms with Crippen LogP contribution in [0.1, 0.15) is 63.1 Å². The fraction of sp³-hybridized carbons (Fsp3) is 0.741. The normalized spacial score (nSPS) is 41.7. The Morgan fingerprint density at radius 1 is 1.18 bits per heavy atom. The molecule has 180 valence electrons. The molecule has 0 bridgehead atoms. The number of nitrogens with zero attached hydrogens (tertiary/aromatic N) is 1. The van der Waals surface area contributed by atoms with E-state index in [1.54, 1.807) is 14.2 Å². The van der Waals surface area contributed by atoms with Gasteiger partial charge in [-0.3, -0.25) is 9.69 Å². The van der Waals surface area contributed by atoms with Gasteiger partial charge in [0.2, 0.25) is 0 Å². The Morgan fingerprint density at radius 3 is 2.67 bits per heavy atom. The van der Waals surface area contributed by atoms with E-state index < -0.39 is 0 Å². The van der Waals surface area contributed by atoms with Gasteiger partial charge < -0.3 is 18.9 Å². The molecule has 0 radical (unpaired) electrons. The number of epoxide rings is 1. The first-order valence-electron chi connectivity index (χ1n) is 12.7. The number of ether oxygens (including phenoxy) is 4. The highest BCUT2D eigenvalue weighted by Crippen LogP contribution is 2.63. The SMILES string of the molecule is COc1cc2c(cc1OC)[C@H](C)N(C[C@@H]1C(=O)O[C@@H]3C[C@@]4(C)CCC[C@@]5(CO5)[C@@H]4C[C@H]13)CC2. The van der Waals surface area contributed by atoms with E-state index in [9.17, 15) is 4.79 Å². The van der Waals surface area contributed by atoms with Crippen molar-refractivity contribution in [2.75, 3.05) is 33.9 Å². The standard InChI is InChI=1S/C27H37NO5/c1-16-18-11-22(31-4)21(30-3)10-17(18)6-9-28(16)14-20-19-12-24-26(2,13-23(19)33-25(20)29)7-5-8-27(24)15-32-27/h10-11,16,19-20,23-24H,5-9,12-15H2,1-4H3/t16-,19+,20-,23+,24+,26+,27+/m0/s1. The molecule has 3 heterocycles. The van der Waals surface area contributed by atoms with Crippen molar-refractivity contribution in [3.63, 3.8) is 0 Å². The lowest BCUT2D eigenvalue weighted by molar-refractivity contribution is -0.147. The molecule has 1 spiro atoms. The van der Waals surface area contributed by atoms with Gasteiger partial charge in [0.25, 0.3) is 0 Å². The molecular weight excluding hydrogens is 418 g/mol. The summed E-state index contributed by atoms with van der Waals surface area (Å²) in [6.45, 7) is 7.29. The smallest absolute Gasteiger partial charge is 0.310 e. The van der Waals surface area contributed by atoms with E-state index in [0.717, 1.165) is 50.5 Å². The van der Waals surface area contributed by atoms with Crippen molar-refractivity contribution in [3.8, 4) is 11.5 Å². The maximum absolute atomic E-state index is 13.1. The summed E-state index contributed by atoms with van der Waals surface area (Å²) in [5.74, 6) is 2.41. The zero-order valence-corrected chi connectivity index (χ0v) is 20.4. The van der Waals surface area contributed by atoms with E-state index in [2.05, 4.69) is 30.9 Å². The van der Waals surface area contributed by atoms with E-state index in [0.29, 0.717) is 11.8 Å². The minimum atomic E-state index is -0.0404. The maximum Gasteiger partial charge on any atom is 0.310 e. The van der Waals surface area contributed by atoms with Gasteiger partial charge in [-0.2, -0.15) is 0 Å². The summed E-state index contributed by atoms with van der Waals surface area (Å²) in [6, 6.07) is 4.45. The molecule has 3 aliphatic heterocycles. The minimum Gasteiger partial charge on any atom is -0.493 e. The number of hydrogen-bond donors (Lipinski definition) is 0. The number of rotatable bonds is 4. The van der Waals surface area contributed by atoms with Crippen molar-refractivity contribution >= 4 is 5.97 Å². The number of carbonyl (C=O) groups excluding carboxylic acids is 1. The van der Waals surface area contributed by atoms with Crippen LogP contribution in [0.25, 0.3) is 0 Å². The molecule has 6 nitrogen and oxygen atoms in total. The monoisotopic (exact) mass is 455 g/mol. The van der Waals surface area contributed by atoms with Crippen LogP contribution < -0.4 is 9.47 Å². The quantitative estimate of drug-likeness (QED) is 0.502. The van der Waals surface area contributed by atoms with Crippen LogP contribution in [0.2, 0.25) is 0 Å². The van der Waals surface area contributed by atoms with Crippen LogP contribution >= 0.6 is 0 Å². The molecular formula is C27H37NO5. The van der Waals surface area contributed by atoms with Crippen LogP contribution in [0, 0.1) is 23.2 Å². The third-order valence-electron chi connectivity index (χ3n) is 9.82. The van der Waals surface area contributed by atoms with Crippen molar-refractivity contribution in [1.29, 1.82) is 0 Å². The first-order valence-corrected chi connectivity index (χ1v) is 12.7. The van der Waals surface area contributed by atoms with Gasteiger partial charge in [0, 0.05) is 25.0 Å². The zero-order valence-electron chi connectivity index (χ0n) is 20.4. The Morgan fingerprint density at radius 2 is 1.94 bits per heavy atom. The van der Waals surface area contributed by atoms with E-state index >= 15 is 0 Å². The van der Waals surface area contributed by atoms with Crippen LogP contribution in [0.4, 0.5) is 0 Å². The molecule has 33 heavy (non-hydrogen) atoms. The molecule has 0 N–H and O–H groups in total. The molecule has 7 atom stereocenters. The Balaban J connectivity index is 1.22. The predicted molar refractivity (Wildman–Crippen MR) is 123 cm³/mol. The summed E-state index contributed by atoms with van der Waals surface area (Å²) in [6.07, 6.45) is 6.77. The third kappa shape index (κ3) is 3.31. The van der Waals surface area contributed by atoms with E-state index in [4.69, 9.17) is 18.9 Å². The second kappa shape index (κ2) is 7.61. The molecule has 1 aromatic rings. The number of hydrogen-bond acceptors (Lipinski definition) is 6. The largest absolute Gasteiger partial charge is 0.493 e. The van der Waals surface area contributed by atoms with Gasteiger partial charge >= 0.3 is 5.97 Å². The molecule has 5 aliphatic rings. The molecule has 2 saturated heterocycles. The number of benzene rings is 1. The lowest BCUT2D eigenvalue weighted by Crippen LogP contribution is -2.51. The summed E-state index contributed by atoms with van der Waals surface area (Å²) >= 11 is 0. The van der Waals surface area contributed by atoms with Gasteiger partial charge in [0.15, 0.2) is 11.5 Å². The summed E-state index contributed by atoms with van der Waals surface area (Å²) in [7, 11) is 3.37. The molecule has 0 aromatic heterocycles. The van der Waals surface area contributed by atoms with E-state index in [1.807, 2.05) is 0 Å². The molecule has 6 rings (SSSR count). The Bertz CT molecular complexity index is 958. The maximum atomic E-state index is 13.1. The average molecular weight is 456 g/mol. The van der Waals surface area contributed by atoms with Crippen molar-refractivity contribution in [2.24, 2.45) is 23.2 Å². The lowest BCUT2D eigenvalue weighted by Gasteiger charge is -2.51. The van der Waals surface area contributed by atoms with Gasteiger partial charge in [-0.1, -0.05) is 6.92 Å². The minimum absolute atomic E-state index is 0.0170. The molecule has 6 heteroatoms. The Labute approximate surface area is 196 Å². The Hall–Kier alpha value is -1.79. The lowest BCUT2D eigenvalue weighted by atomic mass is 9.53. The first kappa shape index (κ1) is 21.7. The van der Waals surface area contributed by atoms with Gasteiger partial charge in [0.1, 0.15) is 6.10 Å². The summed E-state index contributed by atoms with van der Waals surface area (Å²) < 4.78 is 23.2. The van der Waals surface area contributed by atoms with E-state index in [1.165, 1.54) is 30.4 Å². The molecule has 4 fully saturated rings. The zero-order chi connectivity index (χ0) is 23.0. The molecule has 0 amide bonds. The second-order valence-electron chi connectivity index (χ2n) is 11.4. The second-order valence-corrected chi connectivity index (χ2v) is 11.4. The van der Waals surface area contributed by atoms with Crippen LogP contribution in [0.5, 0.6) is 11.5 Å². The molecule has 1 aromatic carbocycles. The predicted octanol–water partition coefficient (Wildman–Crippen LogP) is 4.15. The summed E-state index contributed by atoms with van der Waals surface area (Å²) in [4.78, 5) is 15.6. The van der Waals surface area contributed by atoms with Crippen LogP contribution in [0.3, 0.4) is 0 Å². The van der Waals surface area contributed by atoms with Crippen molar-refractivity contribution in [3.05, 3.63) is 23.3 Å². The van der Waals surface area contributed by atoms with Gasteiger partial charge in [0.05, 0.1) is 32.3 Å². The highest BCUT2D eigenvalue weighted by atomic mass is 16.6. The number of esters is 1. The van der Waals surface area contributed by atoms with Crippen LogP contribution in [-0.2, 0) is 20.7 Å². The topological polar surface area (TPSA) is 60.5 Å². The van der Waals surface area contributed by atoms with E-state index in [-0.39, 0.29) is 35.0 Å². The van der Waals surface area contributed by atoms with Crippen molar-refractivity contribution in [2.45, 2.75) is 70.1 Å². The number of fused-ring (bicyclic) bond motifs is 4. The van der Waals surface area contributed by atoms with Crippen molar-refractivity contribution in [1.82, 2.24) is 4.90 Å². The fourth-order valence-electron chi connectivity index (χ4n) is 7.86. The van der Waals surface area contributed by atoms with Gasteiger partial charge in [-0.15, -0.1) is 0 Å². The average Bonchev–Trinajstić information content (AvgIpc) is 3.51. The third-order valence-corrected chi connectivity index (χ3v) is 9.82. The van der Waals surface area contributed by atoms with Crippen molar-refractivity contribution < 1.29 is 23.7 Å². The van der Waals surface area contributed by atoms with Crippen LogP contribution in [-0.4, -0.2) is 56.5 Å². The highest BCUT2D eigenvalue weighted by molar-refractivity contribution is 5.75. The number of methoxy groups -OCH3 is 2. The van der Waals surface area contributed by atoms with Gasteiger partial charge in [-0.25, -0.2) is 0 Å². The molecule has 2 aliphatic carbocycles.